The maximum Gasteiger partial charge on any atom is 0.326 e. The molecule has 0 spiro atoms. The van der Waals surface area contributed by atoms with Gasteiger partial charge in [-0.25, -0.2) is 14.4 Å². The van der Waals surface area contributed by atoms with Crippen molar-refractivity contribution in [3.8, 4) is 11.8 Å². The lowest BCUT2D eigenvalue weighted by Gasteiger charge is -2.58. The predicted molar refractivity (Wildman–Crippen MR) is 122 cm³/mol. The summed E-state index contributed by atoms with van der Waals surface area (Å²) in [5, 5.41) is 8.36. The van der Waals surface area contributed by atoms with Crippen LogP contribution in [0, 0.1) is 18.7 Å². The number of benzene rings is 1. The summed E-state index contributed by atoms with van der Waals surface area (Å²) in [7, 11) is 1.80. The first kappa shape index (κ1) is 19.0. The summed E-state index contributed by atoms with van der Waals surface area (Å²) in [4.78, 5) is 23.7. The fraction of sp³-hybridized carbons (Fsp3) is 0.391. The van der Waals surface area contributed by atoms with E-state index in [2.05, 4.69) is 35.5 Å². The number of halogens is 1. The molecule has 4 aromatic rings. The number of H-pyrrole nitrogens is 1. The normalized spacial score (nSPS) is 23.2. The Morgan fingerprint density at radius 1 is 1.18 bits per heavy atom. The van der Waals surface area contributed by atoms with Crippen molar-refractivity contribution in [2.45, 2.75) is 31.8 Å². The van der Waals surface area contributed by atoms with Crippen molar-refractivity contribution in [1.29, 1.82) is 0 Å². The van der Waals surface area contributed by atoms with E-state index in [9.17, 15) is 0 Å². The summed E-state index contributed by atoms with van der Waals surface area (Å²) in [5.74, 6) is 2.22. The summed E-state index contributed by atoms with van der Waals surface area (Å²) in [5.41, 5.74) is 2.92. The van der Waals surface area contributed by atoms with Gasteiger partial charge in [-0.1, -0.05) is 0 Å². The van der Waals surface area contributed by atoms with Crippen LogP contribution in [0.4, 0.5) is 15.9 Å². The maximum absolute atomic E-state index is 15.4. The average Bonchev–Trinajstić information content (AvgIpc) is 3.13. The van der Waals surface area contributed by atoms with Crippen LogP contribution < -0.4 is 20.3 Å². The first-order chi connectivity index (χ1) is 16.1. The van der Waals surface area contributed by atoms with Crippen LogP contribution in [0.5, 0.6) is 11.8 Å². The van der Waals surface area contributed by atoms with E-state index in [-0.39, 0.29) is 17.9 Å². The molecule has 0 aliphatic carbocycles. The largest absolute Gasteiger partial charge is 0.421 e. The van der Waals surface area contributed by atoms with Crippen LogP contribution in [0.1, 0.15) is 17.8 Å². The highest BCUT2D eigenvalue weighted by Gasteiger charge is 2.52. The molecule has 3 N–H and O–H groups in total. The molecule has 3 aromatic heterocycles. The topological polar surface area (TPSA) is 104 Å². The lowest BCUT2D eigenvalue weighted by molar-refractivity contribution is 0.157. The number of ether oxygens (including phenoxy) is 1. The van der Waals surface area contributed by atoms with Crippen molar-refractivity contribution in [2.75, 3.05) is 30.4 Å². The van der Waals surface area contributed by atoms with Crippen molar-refractivity contribution in [2.24, 2.45) is 5.92 Å². The molecule has 0 amide bonds. The molecule has 0 saturated carbocycles. The number of aromatic nitrogens is 5. The molecule has 3 atom stereocenters. The van der Waals surface area contributed by atoms with E-state index in [1.807, 2.05) is 6.92 Å². The fourth-order valence-corrected chi connectivity index (χ4v) is 5.86. The SMILES string of the molecule is CNc1cc(F)c2c3c1[nH]c1nc(Oc4cnc(C)nc4)nc(c13)N1C3CCNCC3C1C2. The third kappa shape index (κ3) is 2.61. The summed E-state index contributed by atoms with van der Waals surface area (Å²) >= 11 is 0. The Hall–Kier alpha value is -3.53. The third-order valence-corrected chi connectivity index (χ3v) is 7.34. The molecule has 3 aliphatic heterocycles. The highest BCUT2D eigenvalue weighted by atomic mass is 19.1. The Morgan fingerprint density at radius 3 is 2.85 bits per heavy atom. The molecule has 0 radical (unpaired) electrons. The van der Waals surface area contributed by atoms with Crippen molar-refractivity contribution >= 4 is 33.4 Å². The van der Waals surface area contributed by atoms with Gasteiger partial charge in [0.15, 0.2) is 5.75 Å². The maximum atomic E-state index is 15.4. The molecule has 7 rings (SSSR count). The Kier molecular flexibility index (Phi) is 3.88. The van der Waals surface area contributed by atoms with Gasteiger partial charge in [-0.15, -0.1) is 0 Å². The number of hydrogen-bond donors (Lipinski definition) is 3. The lowest BCUT2D eigenvalue weighted by atomic mass is 9.74. The Labute approximate surface area is 188 Å². The van der Waals surface area contributed by atoms with E-state index in [0.717, 1.165) is 47.2 Å². The number of piperidine rings is 1. The monoisotopic (exact) mass is 446 g/mol. The van der Waals surface area contributed by atoms with Crippen molar-refractivity contribution in [3.63, 3.8) is 0 Å². The van der Waals surface area contributed by atoms with Crippen LogP contribution in [0.25, 0.3) is 21.9 Å². The van der Waals surface area contributed by atoms with E-state index < -0.39 is 0 Å². The van der Waals surface area contributed by atoms with Crippen molar-refractivity contribution < 1.29 is 9.13 Å². The summed E-state index contributed by atoms with van der Waals surface area (Å²) in [6.45, 7) is 3.73. The fourth-order valence-electron chi connectivity index (χ4n) is 5.86. The van der Waals surface area contributed by atoms with Crippen LogP contribution in [0.2, 0.25) is 0 Å². The van der Waals surface area contributed by atoms with Gasteiger partial charge in [0.1, 0.15) is 23.1 Å². The molecule has 168 valence electrons. The van der Waals surface area contributed by atoms with Crippen LogP contribution in [0.15, 0.2) is 18.5 Å². The highest BCUT2D eigenvalue weighted by Crippen LogP contribution is 2.50. The van der Waals surface area contributed by atoms with Gasteiger partial charge in [-0.05, 0) is 32.4 Å². The summed E-state index contributed by atoms with van der Waals surface area (Å²) < 4.78 is 21.3. The highest BCUT2D eigenvalue weighted by molar-refractivity contribution is 6.16. The third-order valence-electron chi connectivity index (χ3n) is 7.34. The van der Waals surface area contributed by atoms with Crippen LogP contribution in [0.3, 0.4) is 0 Å². The summed E-state index contributed by atoms with van der Waals surface area (Å²) in [6.07, 6.45) is 4.89. The number of fused-ring (bicyclic) bond motifs is 5. The molecule has 0 bridgehead atoms. The second kappa shape index (κ2) is 6.74. The molecule has 2 fully saturated rings. The molecule has 9 nitrogen and oxygen atoms in total. The number of nitrogens with zero attached hydrogens (tertiary/aromatic N) is 5. The smallest absolute Gasteiger partial charge is 0.326 e. The van der Waals surface area contributed by atoms with Crippen LogP contribution >= 0.6 is 0 Å². The molecule has 2 saturated heterocycles. The molecule has 1 aromatic carbocycles. The van der Waals surface area contributed by atoms with Gasteiger partial charge < -0.3 is 25.3 Å². The van der Waals surface area contributed by atoms with E-state index in [1.54, 1.807) is 25.5 Å². The molecule has 3 aliphatic rings. The minimum atomic E-state index is -0.190. The van der Waals surface area contributed by atoms with Gasteiger partial charge in [0.2, 0.25) is 0 Å². The van der Waals surface area contributed by atoms with E-state index in [0.29, 0.717) is 41.3 Å². The van der Waals surface area contributed by atoms with Crippen molar-refractivity contribution in [1.82, 2.24) is 30.2 Å². The number of aromatic amines is 1. The first-order valence-electron chi connectivity index (χ1n) is 11.3. The minimum absolute atomic E-state index is 0.182. The number of nitrogens with one attached hydrogen (secondary N) is 3. The minimum Gasteiger partial charge on any atom is -0.421 e. The van der Waals surface area contributed by atoms with Crippen molar-refractivity contribution in [3.05, 3.63) is 35.7 Å². The van der Waals surface area contributed by atoms with Crippen LogP contribution in [-0.4, -0.2) is 57.1 Å². The molecular formula is C23H23FN8O. The second-order valence-corrected chi connectivity index (χ2v) is 9.03. The van der Waals surface area contributed by atoms with Gasteiger partial charge in [0.25, 0.3) is 0 Å². The second-order valence-electron chi connectivity index (χ2n) is 9.03. The average molecular weight is 446 g/mol. The van der Waals surface area contributed by atoms with Gasteiger partial charge in [-0.2, -0.15) is 9.97 Å². The molecule has 10 heteroatoms. The number of rotatable bonds is 3. The predicted octanol–water partition coefficient (Wildman–Crippen LogP) is 2.91. The zero-order valence-electron chi connectivity index (χ0n) is 18.3. The van der Waals surface area contributed by atoms with Gasteiger partial charge in [0.05, 0.1) is 29.0 Å². The Morgan fingerprint density at radius 2 is 2.03 bits per heavy atom. The van der Waals surface area contributed by atoms with E-state index in [1.165, 1.54) is 0 Å². The zero-order chi connectivity index (χ0) is 22.3. The van der Waals surface area contributed by atoms with E-state index in [4.69, 9.17) is 9.72 Å². The Bertz CT molecular complexity index is 1420. The van der Waals surface area contributed by atoms with Gasteiger partial charge >= 0.3 is 6.01 Å². The molecular weight excluding hydrogens is 423 g/mol. The number of aryl methyl sites for hydroxylation is 1. The standard InChI is InChI=1S/C23H23FN8O/c1-10-27-7-11(8-28-10)33-23-30-21-19-18-12(14(24)6-15(25-2)20(18)29-21)5-17-13-9-26-4-3-16(13)32(17)22(19)31-23/h6-8,13,16-17,25-26H,3-5,9H2,1-2H3,(H,29,30,31). The Balaban J connectivity index is 1.47. The zero-order valence-corrected chi connectivity index (χ0v) is 18.3. The van der Waals surface area contributed by atoms with Gasteiger partial charge in [-0.3, -0.25) is 0 Å². The molecule has 33 heavy (non-hydrogen) atoms. The summed E-state index contributed by atoms with van der Waals surface area (Å²) in [6, 6.07) is 2.35. The number of anilines is 2. The van der Waals surface area contributed by atoms with Crippen LogP contribution in [-0.2, 0) is 6.42 Å². The quantitative estimate of drug-likeness (QED) is 0.441. The first-order valence-corrected chi connectivity index (χ1v) is 11.3. The molecule has 3 unspecified atom stereocenters. The molecule has 6 heterocycles. The number of hydrogen-bond acceptors (Lipinski definition) is 8. The van der Waals surface area contributed by atoms with Gasteiger partial charge in [0, 0.05) is 42.5 Å². The van der Waals surface area contributed by atoms with E-state index >= 15 is 4.39 Å². The lowest BCUT2D eigenvalue weighted by Crippen LogP contribution is -2.70.